The number of cyclic esters (lactones) is 1. The van der Waals surface area contributed by atoms with E-state index in [0.29, 0.717) is 19.4 Å². The zero-order valence-electron chi connectivity index (χ0n) is 10.2. The van der Waals surface area contributed by atoms with Gasteiger partial charge in [0.05, 0.1) is 13.0 Å². The molecule has 1 atom stereocenters. The quantitative estimate of drug-likeness (QED) is 0.409. The van der Waals surface area contributed by atoms with Crippen LogP contribution in [0, 0.1) is 0 Å². The van der Waals surface area contributed by atoms with Crippen LogP contribution in [0.25, 0.3) is 0 Å². The smallest absolute Gasteiger partial charge is 0.328 e. The van der Waals surface area contributed by atoms with Gasteiger partial charge in [0.2, 0.25) is 5.91 Å². The lowest BCUT2D eigenvalue weighted by atomic mass is 10.1. The first-order valence-electron chi connectivity index (χ1n) is 6.11. The third-order valence-corrected chi connectivity index (χ3v) is 2.69. The van der Waals surface area contributed by atoms with Gasteiger partial charge >= 0.3 is 5.97 Å². The Balaban J connectivity index is 2.20. The molecule has 0 aromatic carbocycles. The highest BCUT2D eigenvalue weighted by molar-refractivity contribution is 5.99. The molecule has 1 fully saturated rings. The summed E-state index contributed by atoms with van der Waals surface area (Å²) in [7, 11) is 0. The molecular formula is C12H19NO4. The topological polar surface area (TPSA) is 72.5 Å². The molecule has 1 aliphatic rings. The molecule has 1 amide bonds. The Morgan fingerprint density at radius 1 is 1.41 bits per heavy atom. The second kappa shape index (κ2) is 7.04. The number of amides is 1. The lowest BCUT2D eigenvalue weighted by molar-refractivity contribution is -0.142. The molecule has 0 aliphatic carbocycles. The minimum Gasteiger partial charge on any atom is -0.464 e. The van der Waals surface area contributed by atoms with E-state index in [-0.39, 0.29) is 18.1 Å². The largest absolute Gasteiger partial charge is 0.464 e. The van der Waals surface area contributed by atoms with Crippen LogP contribution in [-0.4, -0.2) is 30.3 Å². The first-order chi connectivity index (χ1) is 8.13. The van der Waals surface area contributed by atoms with E-state index < -0.39 is 12.0 Å². The third kappa shape index (κ3) is 4.97. The van der Waals surface area contributed by atoms with Crippen LogP contribution in [0.15, 0.2) is 0 Å². The molecule has 0 radical (unpaired) electrons. The highest BCUT2D eigenvalue weighted by Crippen LogP contribution is 2.07. The Morgan fingerprint density at radius 2 is 2.18 bits per heavy atom. The van der Waals surface area contributed by atoms with Crippen LogP contribution in [0.2, 0.25) is 0 Å². The standard InChI is InChI=1S/C12H19NO4/c1-2-3-4-5-9(14)8-11(15)13-10-6-7-17-12(10)16/h10H,2-8H2,1H3,(H,13,15)/t10-/m1/s1. The molecule has 0 spiro atoms. The molecule has 1 N–H and O–H groups in total. The van der Waals surface area contributed by atoms with Crippen molar-refractivity contribution in [2.45, 2.75) is 51.5 Å². The van der Waals surface area contributed by atoms with E-state index in [1.807, 2.05) is 0 Å². The molecule has 1 saturated heterocycles. The maximum Gasteiger partial charge on any atom is 0.328 e. The van der Waals surface area contributed by atoms with Crippen LogP contribution in [0.3, 0.4) is 0 Å². The van der Waals surface area contributed by atoms with Gasteiger partial charge in [-0.25, -0.2) is 4.79 Å². The summed E-state index contributed by atoms with van der Waals surface area (Å²) in [5, 5.41) is 2.52. The van der Waals surface area contributed by atoms with Crippen molar-refractivity contribution >= 4 is 17.7 Å². The van der Waals surface area contributed by atoms with Crippen molar-refractivity contribution in [3.05, 3.63) is 0 Å². The predicted octanol–water partition coefficient (Wildman–Crippen LogP) is 0.958. The van der Waals surface area contributed by atoms with E-state index >= 15 is 0 Å². The van der Waals surface area contributed by atoms with Crippen molar-refractivity contribution < 1.29 is 19.1 Å². The number of nitrogens with one attached hydrogen (secondary N) is 1. The van der Waals surface area contributed by atoms with Crippen molar-refractivity contribution in [1.29, 1.82) is 0 Å². The number of ketones is 1. The average molecular weight is 241 g/mol. The highest BCUT2D eigenvalue weighted by atomic mass is 16.5. The van der Waals surface area contributed by atoms with Gasteiger partial charge in [-0.15, -0.1) is 0 Å². The van der Waals surface area contributed by atoms with Crippen LogP contribution in [0.1, 0.15) is 45.4 Å². The summed E-state index contributed by atoms with van der Waals surface area (Å²) < 4.78 is 4.71. The van der Waals surface area contributed by atoms with Crippen molar-refractivity contribution in [1.82, 2.24) is 5.32 Å². The number of Topliss-reactive ketones (excluding diaryl/α,β-unsaturated/α-hetero) is 1. The fourth-order valence-corrected chi connectivity index (χ4v) is 1.71. The minimum absolute atomic E-state index is 0.0673. The van der Waals surface area contributed by atoms with E-state index in [2.05, 4.69) is 12.2 Å². The van der Waals surface area contributed by atoms with E-state index in [0.717, 1.165) is 19.3 Å². The van der Waals surface area contributed by atoms with Crippen molar-refractivity contribution in [2.75, 3.05) is 6.61 Å². The van der Waals surface area contributed by atoms with Gasteiger partial charge in [0.15, 0.2) is 0 Å². The summed E-state index contributed by atoms with van der Waals surface area (Å²) >= 11 is 0. The zero-order chi connectivity index (χ0) is 12.7. The van der Waals surface area contributed by atoms with Gasteiger partial charge in [0.1, 0.15) is 11.8 Å². The molecule has 1 aliphatic heterocycles. The Morgan fingerprint density at radius 3 is 2.76 bits per heavy atom. The van der Waals surface area contributed by atoms with Gasteiger partial charge in [-0.05, 0) is 6.42 Å². The fraction of sp³-hybridized carbons (Fsp3) is 0.750. The normalized spacial score (nSPS) is 18.9. The van der Waals surface area contributed by atoms with E-state index in [4.69, 9.17) is 4.74 Å². The second-order valence-corrected chi connectivity index (χ2v) is 4.25. The van der Waals surface area contributed by atoms with Gasteiger partial charge < -0.3 is 10.1 Å². The summed E-state index contributed by atoms with van der Waals surface area (Å²) in [6.45, 7) is 2.40. The molecule has 0 aromatic rings. The number of hydrogen-bond acceptors (Lipinski definition) is 4. The molecule has 0 saturated carbocycles. The predicted molar refractivity (Wildman–Crippen MR) is 61.3 cm³/mol. The SMILES string of the molecule is CCCCCC(=O)CC(=O)N[C@@H]1CCOC1=O. The van der Waals surface area contributed by atoms with Crippen LogP contribution < -0.4 is 5.32 Å². The lowest BCUT2D eigenvalue weighted by Crippen LogP contribution is -2.38. The number of rotatable bonds is 7. The molecule has 5 nitrogen and oxygen atoms in total. The van der Waals surface area contributed by atoms with Gasteiger partial charge in [-0.1, -0.05) is 19.8 Å². The average Bonchev–Trinajstić information content (AvgIpc) is 2.64. The van der Waals surface area contributed by atoms with Crippen molar-refractivity contribution in [2.24, 2.45) is 0 Å². The van der Waals surface area contributed by atoms with Crippen LogP contribution in [0.5, 0.6) is 0 Å². The number of carbonyl (C=O) groups excluding carboxylic acids is 3. The van der Waals surface area contributed by atoms with Crippen molar-refractivity contribution in [3.8, 4) is 0 Å². The number of ether oxygens (including phenoxy) is 1. The monoisotopic (exact) mass is 241 g/mol. The number of esters is 1. The molecule has 0 aromatic heterocycles. The van der Waals surface area contributed by atoms with Gasteiger partial charge in [-0.2, -0.15) is 0 Å². The third-order valence-electron chi connectivity index (χ3n) is 2.69. The van der Waals surface area contributed by atoms with E-state index in [1.165, 1.54) is 0 Å². The molecule has 1 heterocycles. The second-order valence-electron chi connectivity index (χ2n) is 4.25. The van der Waals surface area contributed by atoms with Crippen molar-refractivity contribution in [3.63, 3.8) is 0 Å². The van der Waals surface area contributed by atoms with Crippen LogP contribution >= 0.6 is 0 Å². The number of unbranched alkanes of at least 4 members (excludes halogenated alkanes) is 2. The maximum atomic E-state index is 11.4. The maximum absolute atomic E-state index is 11.4. The minimum atomic E-state index is -0.564. The Kier molecular flexibility index (Phi) is 5.66. The van der Waals surface area contributed by atoms with Gasteiger partial charge in [0.25, 0.3) is 0 Å². The lowest BCUT2D eigenvalue weighted by Gasteiger charge is -2.08. The Hall–Kier alpha value is -1.39. The van der Waals surface area contributed by atoms with E-state index in [1.54, 1.807) is 0 Å². The summed E-state index contributed by atoms with van der Waals surface area (Å²) in [4.78, 5) is 33.9. The Labute approximate surface area is 101 Å². The number of hydrogen-bond donors (Lipinski definition) is 1. The Bertz CT molecular complexity index is 301. The molecule has 96 valence electrons. The molecule has 0 unspecified atom stereocenters. The van der Waals surface area contributed by atoms with Crippen LogP contribution in [-0.2, 0) is 19.1 Å². The fourth-order valence-electron chi connectivity index (χ4n) is 1.71. The van der Waals surface area contributed by atoms with Gasteiger partial charge in [-0.3, -0.25) is 9.59 Å². The molecular weight excluding hydrogens is 222 g/mol. The first-order valence-corrected chi connectivity index (χ1v) is 6.11. The van der Waals surface area contributed by atoms with Gasteiger partial charge in [0, 0.05) is 12.8 Å². The summed E-state index contributed by atoms with van der Waals surface area (Å²) in [6.07, 6.45) is 3.68. The molecule has 0 bridgehead atoms. The summed E-state index contributed by atoms with van der Waals surface area (Å²) in [5.74, 6) is -0.852. The summed E-state index contributed by atoms with van der Waals surface area (Å²) in [6, 6.07) is -0.564. The molecule has 1 rings (SSSR count). The highest BCUT2D eigenvalue weighted by Gasteiger charge is 2.28. The van der Waals surface area contributed by atoms with Crippen LogP contribution in [0.4, 0.5) is 0 Å². The first kappa shape index (κ1) is 13.7. The molecule has 5 heteroatoms. The zero-order valence-corrected chi connectivity index (χ0v) is 10.2. The number of carbonyl (C=O) groups is 3. The van der Waals surface area contributed by atoms with E-state index in [9.17, 15) is 14.4 Å². The molecule has 17 heavy (non-hydrogen) atoms. The summed E-state index contributed by atoms with van der Waals surface area (Å²) in [5.41, 5.74) is 0.